The second kappa shape index (κ2) is 9.01. The number of aromatic nitrogens is 4. The first-order valence-electron chi connectivity index (χ1n) is 11.5. The van der Waals surface area contributed by atoms with Gasteiger partial charge in [0.15, 0.2) is 5.65 Å². The third kappa shape index (κ3) is 4.76. The number of rotatable bonds is 5. The Kier molecular flexibility index (Phi) is 6.02. The highest BCUT2D eigenvalue weighted by atomic mass is 32.2. The number of halogens is 1. The van der Waals surface area contributed by atoms with Gasteiger partial charge in [-0.15, -0.1) is 0 Å². The number of hydrogen-bond donors (Lipinski definition) is 0. The van der Waals surface area contributed by atoms with Gasteiger partial charge in [0.1, 0.15) is 17.5 Å². The molecule has 10 heteroatoms. The van der Waals surface area contributed by atoms with Crippen molar-refractivity contribution in [3.05, 3.63) is 77.0 Å². The fourth-order valence-corrected chi connectivity index (χ4v) is 5.22. The van der Waals surface area contributed by atoms with Crippen LogP contribution < -0.4 is 4.90 Å². The lowest BCUT2D eigenvalue weighted by molar-refractivity contribution is 0.387. The zero-order chi connectivity index (χ0) is 24.7. The maximum absolute atomic E-state index is 13.6. The Balaban J connectivity index is 1.61. The summed E-state index contributed by atoms with van der Waals surface area (Å²) in [5.41, 5.74) is 4.38. The minimum absolute atomic E-state index is 0.318. The third-order valence-electron chi connectivity index (χ3n) is 6.29. The second-order valence-corrected chi connectivity index (χ2v) is 10.9. The molecule has 0 radical (unpaired) electrons. The molecule has 0 spiro atoms. The van der Waals surface area contributed by atoms with Crippen LogP contribution in [0.15, 0.2) is 48.5 Å². The van der Waals surface area contributed by atoms with Crippen molar-refractivity contribution in [3.63, 3.8) is 0 Å². The Bertz CT molecular complexity index is 1480. The maximum Gasteiger partial charge on any atom is 0.211 e. The first-order valence-corrected chi connectivity index (χ1v) is 13.3. The molecule has 1 aliphatic rings. The maximum atomic E-state index is 13.6. The molecule has 0 unspecified atom stereocenters. The largest absolute Gasteiger partial charge is 0.353 e. The molecule has 1 fully saturated rings. The van der Waals surface area contributed by atoms with Gasteiger partial charge in [-0.1, -0.05) is 29.8 Å². The van der Waals surface area contributed by atoms with Gasteiger partial charge >= 0.3 is 0 Å². The molecule has 8 nitrogen and oxygen atoms in total. The number of sulfonamides is 1. The van der Waals surface area contributed by atoms with Crippen molar-refractivity contribution in [3.8, 4) is 5.69 Å². The van der Waals surface area contributed by atoms with Crippen molar-refractivity contribution in [2.45, 2.75) is 20.3 Å². The van der Waals surface area contributed by atoms with Crippen LogP contribution in [0.1, 0.15) is 22.6 Å². The van der Waals surface area contributed by atoms with E-state index < -0.39 is 10.0 Å². The molecule has 2 aromatic carbocycles. The second-order valence-electron chi connectivity index (χ2n) is 8.95. The van der Waals surface area contributed by atoms with E-state index in [9.17, 15) is 12.8 Å². The van der Waals surface area contributed by atoms with E-state index in [4.69, 9.17) is 15.1 Å². The molecule has 0 bridgehead atoms. The zero-order valence-electron chi connectivity index (χ0n) is 19.9. The highest BCUT2D eigenvalue weighted by Crippen LogP contribution is 2.30. The number of hydrogen-bond acceptors (Lipinski definition) is 6. The van der Waals surface area contributed by atoms with Crippen molar-refractivity contribution in [1.82, 2.24) is 24.1 Å². The van der Waals surface area contributed by atoms with Gasteiger partial charge in [0.2, 0.25) is 10.0 Å². The summed E-state index contributed by atoms with van der Waals surface area (Å²) in [5.74, 6) is 1.07. The molecule has 0 saturated carbocycles. The highest BCUT2D eigenvalue weighted by molar-refractivity contribution is 7.88. The SMILES string of the molecule is Cc1ccc(Cc2nc(N3CCN(S(C)(=O)=O)CC3)c3c(C)nn(-c4ccc(F)cc4)c3n2)cc1. The quantitative estimate of drug-likeness (QED) is 0.424. The molecule has 0 atom stereocenters. The summed E-state index contributed by atoms with van der Waals surface area (Å²) in [6, 6.07) is 14.4. The Morgan fingerprint density at radius 1 is 0.914 bits per heavy atom. The lowest BCUT2D eigenvalue weighted by atomic mass is 10.1. The topological polar surface area (TPSA) is 84.2 Å². The number of nitrogens with zero attached hydrogens (tertiary/aromatic N) is 6. The third-order valence-corrected chi connectivity index (χ3v) is 7.59. The van der Waals surface area contributed by atoms with E-state index in [2.05, 4.69) is 29.2 Å². The summed E-state index contributed by atoms with van der Waals surface area (Å²) in [7, 11) is -3.24. The van der Waals surface area contributed by atoms with E-state index in [1.807, 2.05) is 13.8 Å². The summed E-state index contributed by atoms with van der Waals surface area (Å²) >= 11 is 0. The minimum atomic E-state index is -3.24. The Labute approximate surface area is 204 Å². The summed E-state index contributed by atoms with van der Waals surface area (Å²) in [6.07, 6.45) is 1.78. The average molecular weight is 495 g/mol. The van der Waals surface area contributed by atoms with Gasteiger partial charge in [-0.3, -0.25) is 0 Å². The van der Waals surface area contributed by atoms with E-state index in [0.29, 0.717) is 49.8 Å². The first-order chi connectivity index (χ1) is 16.7. The van der Waals surface area contributed by atoms with E-state index in [-0.39, 0.29) is 5.82 Å². The lowest BCUT2D eigenvalue weighted by Gasteiger charge is -2.34. The Morgan fingerprint density at radius 3 is 2.20 bits per heavy atom. The molecule has 182 valence electrons. The first kappa shape index (κ1) is 23.4. The molecular weight excluding hydrogens is 467 g/mol. The van der Waals surface area contributed by atoms with Crippen LogP contribution >= 0.6 is 0 Å². The molecule has 2 aromatic heterocycles. The number of benzene rings is 2. The van der Waals surface area contributed by atoms with E-state index in [1.165, 1.54) is 28.3 Å². The van der Waals surface area contributed by atoms with Gasteiger partial charge in [-0.25, -0.2) is 27.5 Å². The van der Waals surface area contributed by atoms with Crippen LogP contribution in [0.3, 0.4) is 0 Å². The summed E-state index contributed by atoms with van der Waals surface area (Å²) in [4.78, 5) is 11.9. The van der Waals surface area contributed by atoms with Crippen LogP contribution in [0.5, 0.6) is 0 Å². The van der Waals surface area contributed by atoms with E-state index in [1.54, 1.807) is 16.8 Å². The van der Waals surface area contributed by atoms with Crippen molar-refractivity contribution in [2.75, 3.05) is 37.3 Å². The van der Waals surface area contributed by atoms with Crippen LogP contribution in [-0.4, -0.2) is 64.9 Å². The summed E-state index contributed by atoms with van der Waals surface area (Å²) in [6.45, 7) is 5.77. The minimum Gasteiger partial charge on any atom is -0.353 e. The molecule has 1 saturated heterocycles. The number of anilines is 1. The van der Waals surface area contributed by atoms with Crippen LogP contribution in [0.2, 0.25) is 0 Å². The smallest absolute Gasteiger partial charge is 0.211 e. The predicted octanol–water partition coefficient (Wildman–Crippen LogP) is 3.24. The molecular formula is C25H27FN6O2S. The van der Waals surface area contributed by atoms with Gasteiger partial charge in [-0.2, -0.15) is 9.40 Å². The van der Waals surface area contributed by atoms with Crippen LogP contribution in [0.25, 0.3) is 16.7 Å². The summed E-state index contributed by atoms with van der Waals surface area (Å²) < 4.78 is 40.8. The molecule has 0 N–H and O–H groups in total. The van der Waals surface area contributed by atoms with Gasteiger partial charge in [0.05, 0.1) is 23.0 Å². The normalized spacial score (nSPS) is 15.1. The fourth-order valence-electron chi connectivity index (χ4n) is 4.40. The Morgan fingerprint density at radius 2 is 1.57 bits per heavy atom. The molecule has 1 aliphatic heterocycles. The number of piperazine rings is 1. The molecule has 3 heterocycles. The van der Waals surface area contributed by atoms with E-state index in [0.717, 1.165) is 22.5 Å². The van der Waals surface area contributed by atoms with Gasteiger partial charge in [0.25, 0.3) is 0 Å². The van der Waals surface area contributed by atoms with Gasteiger partial charge in [0, 0.05) is 32.6 Å². The highest BCUT2D eigenvalue weighted by Gasteiger charge is 2.27. The van der Waals surface area contributed by atoms with Crippen molar-refractivity contribution >= 4 is 26.9 Å². The van der Waals surface area contributed by atoms with Gasteiger partial charge in [-0.05, 0) is 43.7 Å². The van der Waals surface area contributed by atoms with E-state index >= 15 is 0 Å². The molecule has 4 aromatic rings. The van der Waals surface area contributed by atoms with Crippen LogP contribution in [-0.2, 0) is 16.4 Å². The number of fused-ring (bicyclic) bond motifs is 1. The van der Waals surface area contributed by atoms with Crippen molar-refractivity contribution < 1.29 is 12.8 Å². The van der Waals surface area contributed by atoms with Crippen molar-refractivity contribution in [2.24, 2.45) is 0 Å². The van der Waals surface area contributed by atoms with Crippen molar-refractivity contribution in [1.29, 1.82) is 0 Å². The Hall–Kier alpha value is -3.37. The molecule has 0 amide bonds. The van der Waals surface area contributed by atoms with Crippen LogP contribution in [0.4, 0.5) is 10.2 Å². The molecule has 5 rings (SSSR count). The lowest BCUT2D eigenvalue weighted by Crippen LogP contribution is -2.48. The average Bonchev–Trinajstić information content (AvgIpc) is 3.16. The molecule has 35 heavy (non-hydrogen) atoms. The van der Waals surface area contributed by atoms with Crippen LogP contribution in [0, 0.1) is 19.7 Å². The fraction of sp³-hybridized carbons (Fsp3) is 0.320. The zero-order valence-corrected chi connectivity index (χ0v) is 20.8. The van der Waals surface area contributed by atoms with Gasteiger partial charge < -0.3 is 4.90 Å². The predicted molar refractivity (Wildman–Crippen MR) is 134 cm³/mol. The standard InChI is InChI=1S/C25H27FN6O2S/c1-17-4-6-19(7-5-17)16-22-27-24(30-12-14-31(15-13-30)35(3,33)34)23-18(2)29-32(25(23)28-22)21-10-8-20(26)9-11-21/h4-11H,12-16H2,1-3H3. The molecule has 0 aliphatic carbocycles. The summed E-state index contributed by atoms with van der Waals surface area (Å²) in [5, 5.41) is 5.53. The monoisotopic (exact) mass is 494 g/mol. The number of aryl methyl sites for hydroxylation is 2.